The molecule has 0 aliphatic heterocycles. The second-order valence-electron chi connectivity index (χ2n) is 3.56. The molecule has 1 nitrogen and oxygen atoms in total. The van der Waals surface area contributed by atoms with E-state index in [4.69, 9.17) is 27.9 Å². The van der Waals surface area contributed by atoms with E-state index in [1.165, 1.54) is 0 Å². The van der Waals surface area contributed by atoms with Gasteiger partial charge in [0, 0.05) is 26.5 Å². The van der Waals surface area contributed by atoms with E-state index in [9.17, 15) is 0 Å². The lowest BCUT2D eigenvalue weighted by Gasteiger charge is -2.11. The summed E-state index contributed by atoms with van der Waals surface area (Å²) in [6.45, 7) is 0. The monoisotopic (exact) mass is 408 g/mol. The van der Waals surface area contributed by atoms with Crippen LogP contribution in [0.4, 0.5) is 0 Å². The second kappa shape index (κ2) is 6.29. The topological polar surface area (TPSA) is 9.23 Å². The van der Waals surface area contributed by atoms with Crippen molar-refractivity contribution in [1.82, 2.24) is 0 Å². The summed E-state index contributed by atoms with van der Waals surface area (Å²) < 4.78 is 6.76. The lowest BCUT2D eigenvalue weighted by atomic mass is 10.2. The van der Waals surface area contributed by atoms with E-state index >= 15 is 0 Å². The molecule has 0 bridgehead atoms. The van der Waals surface area contributed by atoms with Crippen LogP contribution in [0.25, 0.3) is 0 Å². The quantitative estimate of drug-likeness (QED) is 0.529. The minimum Gasteiger partial charge on any atom is -0.455 e. The summed E-state index contributed by atoms with van der Waals surface area (Å²) in [5.74, 6) is 1.29. The third kappa shape index (κ3) is 3.41. The first-order valence-electron chi connectivity index (χ1n) is 5.07. The van der Waals surface area contributed by atoms with Crippen molar-refractivity contribution in [2.45, 2.75) is 5.33 Å². The number of ether oxygens (including phenoxy) is 1. The zero-order valence-electron chi connectivity index (χ0n) is 9.09. The van der Waals surface area contributed by atoms with Crippen molar-refractivity contribution >= 4 is 55.1 Å². The van der Waals surface area contributed by atoms with E-state index in [0.29, 0.717) is 21.1 Å². The van der Waals surface area contributed by atoms with Gasteiger partial charge in [-0.2, -0.15) is 0 Å². The summed E-state index contributed by atoms with van der Waals surface area (Å²) in [5, 5.41) is 1.82. The Bertz CT molecular complexity index is 573. The van der Waals surface area contributed by atoms with Crippen LogP contribution in [-0.4, -0.2) is 0 Å². The number of hydrogen-bond donors (Lipinski definition) is 0. The van der Waals surface area contributed by atoms with Gasteiger partial charge in [0.25, 0.3) is 0 Å². The van der Waals surface area contributed by atoms with E-state index in [1.807, 2.05) is 18.2 Å². The minimum atomic E-state index is 0.528. The van der Waals surface area contributed by atoms with E-state index in [-0.39, 0.29) is 0 Å². The van der Waals surface area contributed by atoms with Crippen molar-refractivity contribution in [3.63, 3.8) is 0 Å². The summed E-state index contributed by atoms with van der Waals surface area (Å²) in [6.07, 6.45) is 0. The van der Waals surface area contributed by atoms with E-state index in [1.54, 1.807) is 18.2 Å². The Kier molecular flexibility index (Phi) is 4.96. The largest absolute Gasteiger partial charge is 0.455 e. The molecule has 0 N–H and O–H groups in total. The van der Waals surface area contributed by atoms with Gasteiger partial charge >= 0.3 is 0 Å². The molecule has 0 heterocycles. The SMILES string of the molecule is Clc1ccc(Cl)c(Oc2cc(Br)ccc2CBr)c1. The van der Waals surface area contributed by atoms with Crippen LogP contribution in [-0.2, 0) is 5.33 Å². The fourth-order valence-corrected chi connectivity index (χ4v) is 2.53. The standard InChI is InChI=1S/C13H8Br2Cl2O/c14-7-8-1-2-9(15)5-12(8)18-13-6-10(16)3-4-11(13)17/h1-6H,7H2. The molecule has 94 valence electrons. The summed E-state index contributed by atoms with van der Waals surface area (Å²) in [7, 11) is 0. The zero-order valence-corrected chi connectivity index (χ0v) is 13.8. The normalized spacial score (nSPS) is 10.4. The van der Waals surface area contributed by atoms with Crippen LogP contribution >= 0.6 is 55.1 Å². The predicted molar refractivity (Wildman–Crippen MR) is 83.3 cm³/mol. The fraction of sp³-hybridized carbons (Fsp3) is 0.0769. The van der Waals surface area contributed by atoms with Crippen molar-refractivity contribution in [3.8, 4) is 11.5 Å². The van der Waals surface area contributed by atoms with Gasteiger partial charge in [0.15, 0.2) is 0 Å². The molecule has 5 heteroatoms. The number of halogens is 4. The van der Waals surface area contributed by atoms with Gasteiger partial charge in [-0.3, -0.25) is 0 Å². The number of hydrogen-bond acceptors (Lipinski definition) is 1. The van der Waals surface area contributed by atoms with Crippen molar-refractivity contribution in [1.29, 1.82) is 0 Å². The van der Waals surface area contributed by atoms with Crippen molar-refractivity contribution in [2.24, 2.45) is 0 Å². The fourth-order valence-electron chi connectivity index (χ4n) is 1.41. The molecular formula is C13H8Br2Cl2O. The Morgan fingerprint density at radius 3 is 2.50 bits per heavy atom. The third-order valence-electron chi connectivity index (χ3n) is 2.29. The molecule has 0 spiro atoms. The van der Waals surface area contributed by atoms with Crippen molar-refractivity contribution < 1.29 is 4.74 Å². The van der Waals surface area contributed by atoms with Gasteiger partial charge in [-0.05, 0) is 24.3 Å². The lowest BCUT2D eigenvalue weighted by Crippen LogP contribution is -1.90. The van der Waals surface area contributed by atoms with Crippen LogP contribution in [0.15, 0.2) is 40.9 Å². The molecule has 2 rings (SSSR count). The van der Waals surface area contributed by atoms with E-state index in [0.717, 1.165) is 15.8 Å². The predicted octanol–water partition coefficient (Wildman–Crippen LogP) is 6.44. The molecule has 0 aliphatic rings. The average Bonchev–Trinajstić information content (AvgIpc) is 2.34. The second-order valence-corrected chi connectivity index (χ2v) is 5.88. The molecule has 0 fully saturated rings. The highest BCUT2D eigenvalue weighted by molar-refractivity contribution is 9.10. The molecule has 0 aliphatic carbocycles. The van der Waals surface area contributed by atoms with Crippen LogP contribution in [0, 0.1) is 0 Å². The molecule has 0 saturated heterocycles. The maximum Gasteiger partial charge on any atom is 0.147 e. The van der Waals surface area contributed by atoms with E-state index < -0.39 is 0 Å². The third-order valence-corrected chi connectivity index (χ3v) is 3.93. The van der Waals surface area contributed by atoms with Gasteiger partial charge in [0.2, 0.25) is 0 Å². The zero-order chi connectivity index (χ0) is 13.1. The van der Waals surface area contributed by atoms with Gasteiger partial charge in [-0.25, -0.2) is 0 Å². The molecule has 0 radical (unpaired) electrons. The van der Waals surface area contributed by atoms with Gasteiger partial charge in [0.05, 0.1) is 5.02 Å². The van der Waals surface area contributed by atoms with E-state index in [2.05, 4.69) is 31.9 Å². The first-order chi connectivity index (χ1) is 8.60. The number of benzene rings is 2. The Morgan fingerprint density at radius 1 is 1.00 bits per heavy atom. The summed E-state index contributed by atoms with van der Waals surface area (Å²) >= 11 is 18.8. The maximum atomic E-state index is 6.07. The molecule has 0 saturated carbocycles. The Hall–Kier alpha value is -0.220. The lowest BCUT2D eigenvalue weighted by molar-refractivity contribution is 0.478. The molecule has 18 heavy (non-hydrogen) atoms. The molecule has 2 aromatic carbocycles. The van der Waals surface area contributed by atoms with Gasteiger partial charge < -0.3 is 4.74 Å². The molecule has 2 aromatic rings. The Labute approximate surface area is 132 Å². The van der Waals surface area contributed by atoms with Crippen LogP contribution in [0.5, 0.6) is 11.5 Å². The molecular weight excluding hydrogens is 403 g/mol. The van der Waals surface area contributed by atoms with Gasteiger partial charge in [-0.1, -0.05) is 61.1 Å². The Balaban J connectivity index is 2.38. The molecule has 0 aromatic heterocycles. The molecule has 0 amide bonds. The average molecular weight is 411 g/mol. The number of rotatable bonds is 3. The van der Waals surface area contributed by atoms with Crippen molar-refractivity contribution in [3.05, 3.63) is 56.5 Å². The number of alkyl halides is 1. The summed E-state index contributed by atoms with van der Waals surface area (Å²) in [5.41, 5.74) is 1.04. The summed E-state index contributed by atoms with van der Waals surface area (Å²) in [4.78, 5) is 0. The van der Waals surface area contributed by atoms with Crippen LogP contribution < -0.4 is 4.74 Å². The van der Waals surface area contributed by atoms with Crippen LogP contribution in [0.2, 0.25) is 10.0 Å². The van der Waals surface area contributed by atoms with Gasteiger partial charge in [0.1, 0.15) is 11.5 Å². The molecule has 0 atom stereocenters. The first-order valence-corrected chi connectivity index (χ1v) is 7.74. The first kappa shape index (κ1) is 14.2. The van der Waals surface area contributed by atoms with Crippen LogP contribution in [0.1, 0.15) is 5.56 Å². The van der Waals surface area contributed by atoms with Crippen molar-refractivity contribution in [2.75, 3.05) is 0 Å². The molecule has 0 unspecified atom stereocenters. The highest BCUT2D eigenvalue weighted by atomic mass is 79.9. The highest BCUT2D eigenvalue weighted by Gasteiger charge is 2.08. The Morgan fingerprint density at radius 2 is 1.78 bits per heavy atom. The maximum absolute atomic E-state index is 6.07. The smallest absolute Gasteiger partial charge is 0.147 e. The van der Waals surface area contributed by atoms with Crippen LogP contribution in [0.3, 0.4) is 0 Å². The highest BCUT2D eigenvalue weighted by Crippen LogP contribution is 2.35. The minimum absolute atomic E-state index is 0.528. The van der Waals surface area contributed by atoms with Gasteiger partial charge in [-0.15, -0.1) is 0 Å². The summed E-state index contributed by atoms with van der Waals surface area (Å²) in [6, 6.07) is 11.0.